The van der Waals surface area contributed by atoms with Crippen molar-refractivity contribution in [3.63, 3.8) is 0 Å². The number of carbonyl (C=O) groups is 1. The maximum atomic E-state index is 13.7. The van der Waals surface area contributed by atoms with Crippen LogP contribution < -0.4 is 5.32 Å². The lowest BCUT2D eigenvalue weighted by Crippen LogP contribution is -2.29. The van der Waals surface area contributed by atoms with Crippen molar-refractivity contribution < 1.29 is 30.8 Å². The summed E-state index contributed by atoms with van der Waals surface area (Å²) < 4.78 is 77.6. The quantitative estimate of drug-likeness (QED) is 0.595. The van der Waals surface area contributed by atoms with Gasteiger partial charge < -0.3 is 5.32 Å². The number of rotatable bonds is 5. The average molecular weight is 456 g/mol. The molecule has 0 bridgehead atoms. The Kier molecular flexibility index (Phi) is 5.85. The van der Waals surface area contributed by atoms with E-state index < -0.39 is 45.2 Å². The lowest BCUT2D eigenvalue weighted by Gasteiger charge is -2.15. The molecule has 31 heavy (non-hydrogen) atoms. The largest absolute Gasteiger partial charge is 0.435 e. The first-order chi connectivity index (χ1) is 14.4. The summed E-state index contributed by atoms with van der Waals surface area (Å²) in [6.07, 6.45) is -3.93. The van der Waals surface area contributed by atoms with Gasteiger partial charge in [0.1, 0.15) is 5.82 Å². The summed E-state index contributed by atoms with van der Waals surface area (Å²) in [7, 11) is -3.42. The van der Waals surface area contributed by atoms with Crippen LogP contribution in [0.3, 0.4) is 0 Å². The molecular weight excluding hydrogens is 440 g/mol. The lowest BCUT2D eigenvalue weighted by atomic mass is 10.1. The van der Waals surface area contributed by atoms with Crippen molar-refractivity contribution in [3.05, 3.63) is 71.3 Å². The first kappa shape index (κ1) is 22.4. The maximum absolute atomic E-state index is 13.7. The van der Waals surface area contributed by atoms with Gasteiger partial charge in [0, 0.05) is 6.26 Å². The number of amides is 1. The van der Waals surface area contributed by atoms with Gasteiger partial charge >= 0.3 is 6.18 Å². The van der Waals surface area contributed by atoms with Crippen molar-refractivity contribution in [1.29, 1.82) is 0 Å². The van der Waals surface area contributed by atoms with Crippen LogP contribution in [0.25, 0.3) is 5.69 Å². The first-order valence-electron chi connectivity index (χ1n) is 8.77. The number of alkyl halides is 3. The van der Waals surface area contributed by atoms with E-state index in [1.807, 2.05) is 0 Å². The highest BCUT2D eigenvalue weighted by molar-refractivity contribution is 7.90. The van der Waals surface area contributed by atoms with Gasteiger partial charge in [0.25, 0.3) is 5.91 Å². The highest BCUT2D eigenvalue weighted by atomic mass is 32.2. The number of halogens is 4. The molecule has 1 unspecified atom stereocenters. The second-order valence-corrected chi connectivity index (χ2v) is 8.72. The van der Waals surface area contributed by atoms with E-state index in [-0.39, 0.29) is 10.6 Å². The van der Waals surface area contributed by atoms with Gasteiger partial charge in [-0.25, -0.2) is 17.5 Å². The van der Waals surface area contributed by atoms with Crippen molar-refractivity contribution in [2.45, 2.75) is 24.0 Å². The Morgan fingerprint density at radius 1 is 1.06 bits per heavy atom. The highest BCUT2D eigenvalue weighted by Crippen LogP contribution is 2.33. The molecule has 0 aliphatic heterocycles. The van der Waals surface area contributed by atoms with Crippen LogP contribution in [0.4, 0.5) is 17.6 Å². The molecule has 0 aliphatic carbocycles. The zero-order chi connectivity index (χ0) is 23.0. The van der Waals surface area contributed by atoms with Gasteiger partial charge in [-0.15, -0.1) is 5.10 Å². The summed E-state index contributed by atoms with van der Waals surface area (Å²) in [6, 6.07) is 8.87. The molecule has 0 radical (unpaired) electrons. The van der Waals surface area contributed by atoms with Gasteiger partial charge in [-0.2, -0.15) is 13.2 Å². The first-order valence-corrected chi connectivity index (χ1v) is 10.7. The van der Waals surface area contributed by atoms with Crippen LogP contribution in [-0.4, -0.2) is 35.6 Å². The number of benzene rings is 2. The lowest BCUT2D eigenvalue weighted by molar-refractivity contribution is -0.143. The predicted octanol–water partition coefficient (Wildman–Crippen LogP) is 3.32. The summed E-state index contributed by atoms with van der Waals surface area (Å²) >= 11 is 0. The van der Waals surface area contributed by atoms with Gasteiger partial charge in [-0.1, -0.05) is 17.3 Å². The minimum absolute atomic E-state index is 0.0661. The van der Waals surface area contributed by atoms with Gasteiger partial charge in [-0.3, -0.25) is 4.79 Å². The van der Waals surface area contributed by atoms with Crippen molar-refractivity contribution >= 4 is 15.7 Å². The number of hydrogen-bond acceptors (Lipinski definition) is 5. The predicted molar refractivity (Wildman–Crippen MR) is 102 cm³/mol. The second kappa shape index (κ2) is 8.10. The zero-order valence-electron chi connectivity index (χ0n) is 16.2. The van der Waals surface area contributed by atoms with Crippen LogP contribution in [0.5, 0.6) is 0 Å². The fraction of sp³-hybridized carbons (Fsp3) is 0.211. The van der Waals surface area contributed by atoms with E-state index in [0.717, 1.165) is 30.5 Å². The van der Waals surface area contributed by atoms with Crippen LogP contribution in [0.2, 0.25) is 0 Å². The van der Waals surface area contributed by atoms with E-state index >= 15 is 0 Å². The molecule has 0 fully saturated rings. The summed E-state index contributed by atoms with van der Waals surface area (Å²) in [5, 5.41) is 9.19. The third kappa shape index (κ3) is 4.90. The van der Waals surface area contributed by atoms with E-state index in [9.17, 15) is 30.8 Å². The summed E-state index contributed by atoms with van der Waals surface area (Å²) in [4.78, 5) is 12.6. The molecule has 1 amide bonds. The van der Waals surface area contributed by atoms with E-state index in [2.05, 4.69) is 15.6 Å². The molecule has 1 N–H and O–H groups in total. The number of nitrogens with one attached hydrogen (secondary N) is 1. The summed E-state index contributed by atoms with van der Waals surface area (Å²) in [5.74, 6) is -1.77. The van der Waals surface area contributed by atoms with Crippen molar-refractivity contribution in [3.8, 4) is 5.69 Å². The minimum Gasteiger partial charge on any atom is -0.344 e. The zero-order valence-corrected chi connectivity index (χ0v) is 17.0. The number of carbonyl (C=O) groups excluding carboxylic acids is 1. The third-order valence-corrected chi connectivity index (χ3v) is 5.51. The van der Waals surface area contributed by atoms with Crippen LogP contribution in [0.1, 0.15) is 34.7 Å². The molecule has 1 atom stereocenters. The third-order valence-electron chi connectivity index (χ3n) is 4.38. The molecule has 0 aliphatic rings. The van der Waals surface area contributed by atoms with Crippen LogP contribution in [0, 0.1) is 5.82 Å². The Morgan fingerprint density at radius 3 is 2.16 bits per heavy atom. The molecule has 0 saturated carbocycles. The van der Waals surface area contributed by atoms with Crippen LogP contribution in [-0.2, 0) is 16.0 Å². The number of aromatic nitrogens is 3. The molecule has 3 rings (SSSR count). The van der Waals surface area contributed by atoms with Gasteiger partial charge in [0.05, 0.1) is 16.6 Å². The smallest absolute Gasteiger partial charge is 0.344 e. The Bertz CT molecular complexity index is 1200. The van der Waals surface area contributed by atoms with Crippen molar-refractivity contribution in [1.82, 2.24) is 20.3 Å². The van der Waals surface area contributed by atoms with Crippen LogP contribution in [0.15, 0.2) is 53.4 Å². The molecule has 7 nitrogen and oxygen atoms in total. The molecule has 164 valence electrons. The average Bonchev–Trinajstić information content (AvgIpc) is 3.14. The Hall–Kier alpha value is -3.28. The highest BCUT2D eigenvalue weighted by Gasteiger charge is 2.42. The molecule has 0 spiro atoms. The maximum Gasteiger partial charge on any atom is 0.435 e. The fourth-order valence-electron chi connectivity index (χ4n) is 2.80. The Morgan fingerprint density at radius 2 is 1.65 bits per heavy atom. The minimum atomic E-state index is -4.97. The number of hydrogen-bond donors (Lipinski definition) is 1. The van der Waals surface area contributed by atoms with Crippen molar-refractivity contribution in [2.24, 2.45) is 0 Å². The van der Waals surface area contributed by atoms with Crippen LogP contribution >= 0.6 is 0 Å². The monoisotopic (exact) mass is 456 g/mol. The van der Waals surface area contributed by atoms with Crippen molar-refractivity contribution in [2.75, 3.05) is 6.26 Å². The molecule has 0 saturated heterocycles. The second-order valence-electron chi connectivity index (χ2n) is 6.71. The van der Waals surface area contributed by atoms with E-state index in [1.165, 1.54) is 31.2 Å². The normalized spacial score (nSPS) is 13.1. The number of nitrogens with zero attached hydrogens (tertiary/aromatic N) is 3. The van der Waals surface area contributed by atoms with Gasteiger partial charge in [0.15, 0.2) is 21.2 Å². The Balaban J connectivity index is 1.90. The van der Waals surface area contributed by atoms with E-state index in [1.54, 1.807) is 0 Å². The van der Waals surface area contributed by atoms with Gasteiger partial charge in [-0.05, 0) is 48.9 Å². The molecule has 3 aromatic rings. The summed E-state index contributed by atoms with van der Waals surface area (Å²) in [6.45, 7) is 1.52. The molecule has 1 heterocycles. The van der Waals surface area contributed by atoms with E-state index in [4.69, 9.17) is 0 Å². The Labute approximate surface area is 174 Å². The van der Waals surface area contributed by atoms with Gasteiger partial charge in [0.2, 0.25) is 0 Å². The molecule has 12 heteroatoms. The fourth-order valence-corrected chi connectivity index (χ4v) is 3.43. The standard InChI is InChI=1S/C19H16F4N4O3S/c1-11(12-3-9-15(10-4-12)31(2,29)30)24-18(28)16-17(19(21,22)23)27(26-25-16)14-7-5-13(20)6-8-14/h3-11H,1-2H3,(H,24,28). The topological polar surface area (TPSA) is 93.9 Å². The number of sulfone groups is 1. The molecular formula is C19H16F4N4O3S. The SMILES string of the molecule is CC(NC(=O)c1nnn(-c2ccc(F)cc2)c1C(F)(F)F)c1ccc(S(C)(=O)=O)cc1. The van der Waals surface area contributed by atoms with E-state index in [0.29, 0.717) is 10.2 Å². The molecule has 2 aromatic carbocycles. The summed E-state index contributed by atoms with van der Waals surface area (Å²) in [5.41, 5.74) is -2.00. The molecule has 1 aromatic heterocycles.